The summed E-state index contributed by atoms with van der Waals surface area (Å²) in [5.41, 5.74) is 4.76. The van der Waals surface area contributed by atoms with Crippen LogP contribution in [0.3, 0.4) is 0 Å². The fourth-order valence-electron chi connectivity index (χ4n) is 3.02. The third-order valence-corrected chi connectivity index (χ3v) is 5.98. The van der Waals surface area contributed by atoms with E-state index in [2.05, 4.69) is 24.3 Å². The van der Waals surface area contributed by atoms with Crippen molar-refractivity contribution in [3.8, 4) is 5.75 Å². The first-order chi connectivity index (χ1) is 12.2. The Labute approximate surface area is 157 Å². The summed E-state index contributed by atoms with van der Waals surface area (Å²) < 4.78 is 10.8. The van der Waals surface area contributed by atoms with Crippen molar-refractivity contribution in [2.24, 2.45) is 0 Å². The van der Waals surface area contributed by atoms with E-state index in [4.69, 9.17) is 21.1 Å². The van der Waals surface area contributed by atoms with Gasteiger partial charge in [-0.3, -0.25) is 4.79 Å². The average molecular weight is 377 g/mol. The zero-order valence-corrected chi connectivity index (χ0v) is 15.7. The third-order valence-electron chi connectivity index (χ3n) is 4.28. The summed E-state index contributed by atoms with van der Waals surface area (Å²) in [6, 6.07) is 14.6. The Morgan fingerprint density at radius 3 is 2.92 bits per heavy atom. The number of rotatable bonds is 6. The maximum Gasteiger partial charge on any atom is 0.305 e. The molecule has 2 aromatic carbocycles. The maximum absolute atomic E-state index is 11.4. The van der Waals surface area contributed by atoms with Gasteiger partial charge in [0.05, 0.1) is 12.4 Å². The molecule has 0 aliphatic carbocycles. The van der Waals surface area contributed by atoms with Crippen LogP contribution in [0.25, 0.3) is 0 Å². The van der Waals surface area contributed by atoms with Crippen molar-refractivity contribution in [2.45, 2.75) is 24.7 Å². The Hall–Kier alpha value is -1.65. The van der Waals surface area contributed by atoms with Gasteiger partial charge in [0, 0.05) is 23.6 Å². The summed E-state index contributed by atoms with van der Waals surface area (Å²) in [7, 11) is 1.42. The number of hydrogen-bond acceptors (Lipinski definition) is 4. The minimum atomic E-state index is -0.190. The molecule has 2 aromatic rings. The quantitative estimate of drug-likeness (QED) is 0.538. The van der Waals surface area contributed by atoms with Crippen LogP contribution < -0.4 is 4.74 Å². The van der Waals surface area contributed by atoms with Crippen LogP contribution in [0.1, 0.15) is 33.9 Å². The van der Waals surface area contributed by atoms with E-state index in [1.54, 1.807) is 0 Å². The first-order valence-corrected chi connectivity index (χ1v) is 9.89. The van der Waals surface area contributed by atoms with Gasteiger partial charge >= 0.3 is 5.97 Å². The summed E-state index contributed by atoms with van der Waals surface area (Å²) in [4.78, 5) is 11.4. The van der Waals surface area contributed by atoms with Gasteiger partial charge in [0.1, 0.15) is 12.4 Å². The van der Waals surface area contributed by atoms with Crippen LogP contribution in [0.2, 0.25) is 0 Å². The number of carbonyl (C=O) groups is 1. The summed E-state index contributed by atoms with van der Waals surface area (Å²) in [6.45, 7) is 0.572. The molecule has 1 aliphatic heterocycles. The van der Waals surface area contributed by atoms with E-state index < -0.39 is 0 Å². The summed E-state index contributed by atoms with van der Waals surface area (Å²) in [6.07, 6.45) is 1.04. The van der Waals surface area contributed by atoms with Crippen molar-refractivity contribution >= 4 is 29.3 Å². The van der Waals surface area contributed by atoms with Gasteiger partial charge < -0.3 is 9.47 Å². The molecule has 0 saturated heterocycles. The van der Waals surface area contributed by atoms with Gasteiger partial charge in [-0.25, -0.2) is 0 Å². The molecule has 3 nitrogen and oxygen atoms in total. The van der Waals surface area contributed by atoms with E-state index in [0.717, 1.165) is 22.6 Å². The predicted octanol–water partition coefficient (Wildman–Crippen LogP) is 4.75. The molecule has 0 radical (unpaired) electrons. The molecular weight excluding hydrogens is 356 g/mol. The highest BCUT2D eigenvalue weighted by Gasteiger charge is 2.25. The Kier molecular flexibility index (Phi) is 6.27. The smallest absolute Gasteiger partial charge is 0.305 e. The lowest BCUT2D eigenvalue weighted by atomic mass is 9.97. The van der Waals surface area contributed by atoms with E-state index >= 15 is 0 Å². The first-order valence-electron chi connectivity index (χ1n) is 8.30. The molecule has 25 heavy (non-hydrogen) atoms. The third kappa shape index (κ3) is 4.31. The van der Waals surface area contributed by atoms with Gasteiger partial charge in [-0.05, 0) is 29.2 Å². The number of benzene rings is 2. The van der Waals surface area contributed by atoms with E-state index in [1.165, 1.54) is 18.2 Å². The van der Waals surface area contributed by atoms with Crippen molar-refractivity contribution in [2.75, 3.05) is 18.7 Å². The van der Waals surface area contributed by atoms with Gasteiger partial charge in [-0.1, -0.05) is 36.4 Å². The number of thioether (sulfide) groups is 1. The second-order valence-electron chi connectivity index (χ2n) is 5.88. The summed E-state index contributed by atoms with van der Waals surface area (Å²) >= 11 is 7.77. The number of methoxy groups -OCH3 is 1. The van der Waals surface area contributed by atoms with Crippen LogP contribution in [-0.2, 0) is 22.6 Å². The minimum absolute atomic E-state index is 0.186. The van der Waals surface area contributed by atoms with Crippen LogP contribution in [-0.4, -0.2) is 24.7 Å². The highest BCUT2D eigenvalue weighted by atomic mass is 35.5. The number of aryl methyl sites for hydroxylation is 1. The number of halogens is 1. The first kappa shape index (κ1) is 18.2. The molecule has 0 bridgehead atoms. The molecule has 0 N–H and O–H groups in total. The molecule has 3 rings (SSSR count). The minimum Gasteiger partial charge on any atom is -0.489 e. The molecule has 1 unspecified atom stereocenters. The lowest BCUT2D eigenvalue weighted by Crippen LogP contribution is -2.04. The highest BCUT2D eigenvalue weighted by molar-refractivity contribution is 7.99. The van der Waals surface area contributed by atoms with Crippen molar-refractivity contribution in [3.05, 3.63) is 64.7 Å². The van der Waals surface area contributed by atoms with Crippen molar-refractivity contribution < 1.29 is 14.3 Å². The lowest BCUT2D eigenvalue weighted by molar-refractivity contribution is -0.140. The summed E-state index contributed by atoms with van der Waals surface area (Å²) in [5.74, 6) is 2.20. The molecule has 0 aromatic heterocycles. The van der Waals surface area contributed by atoms with E-state index in [1.807, 2.05) is 30.0 Å². The predicted molar refractivity (Wildman–Crippen MR) is 103 cm³/mol. The molecule has 132 valence electrons. The standard InChI is InChI=1S/C20H21ClO3S/c1-23-19(22)9-7-14-6-8-18-17(12-14)20(25-11-10-21)16-5-3-2-4-15(16)13-24-18/h2-6,8,12,20H,7,9-11,13H2,1H3. The van der Waals surface area contributed by atoms with Crippen LogP contribution in [0.5, 0.6) is 5.75 Å². The van der Waals surface area contributed by atoms with Crippen LogP contribution >= 0.6 is 23.4 Å². The lowest BCUT2D eigenvalue weighted by Gasteiger charge is -2.19. The number of carbonyl (C=O) groups excluding carboxylic acids is 1. The van der Waals surface area contributed by atoms with E-state index in [-0.39, 0.29) is 11.2 Å². The van der Waals surface area contributed by atoms with E-state index in [9.17, 15) is 4.79 Å². The van der Waals surface area contributed by atoms with Gasteiger partial charge in [-0.15, -0.1) is 23.4 Å². The number of hydrogen-bond donors (Lipinski definition) is 0. The molecule has 0 amide bonds. The van der Waals surface area contributed by atoms with Crippen LogP contribution in [0.4, 0.5) is 0 Å². The summed E-state index contributed by atoms with van der Waals surface area (Å²) in [5, 5.41) is 0.186. The Morgan fingerprint density at radius 1 is 1.28 bits per heavy atom. The molecule has 0 fully saturated rings. The monoisotopic (exact) mass is 376 g/mol. The van der Waals surface area contributed by atoms with Crippen molar-refractivity contribution in [3.63, 3.8) is 0 Å². The zero-order chi connectivity index (χ0) is 17.6. The van der Waals surface area contributed by atoms with Gasteiger partial charge in [0.15, 0.2) is 0 Å². The Balaban J connectivity index is 1.95. The number of ether oxygens (including phenoxy) is 2. The normalized spacial score (nSPS) is 15.5. The zero-order valence-electron chi connectivity index (χ0n) is 14.2. The van der Waals surface area contributed by atoms with Crippen molar-refractivity contribution in [1.82, 2.24) is 0 Å². The molecule has 0 saturated carbocycles. The fraction of sp³-hybridized carbons (Fsp3) is 0.350. The van der Waals surface area contributed by atoms with Gasteiger partial charge in [0.25, 0.3) is 0 Å². The molecule has 0 spiro atoms. The van der Waals surface area contributed by atoms with Gasteiger partial charge in [0.2, 0.25) is 0 Å². The molecule has 1 aliphatic rings. The van der Waals surface area contributed by atoms with Gasteiger partial charge in [-0.2, -0.15) is 0 Å². The second kappa shape index (κ2) is 8.63. The van der Waals surface area contributed by atoms with Crippen LogP contribution in [0, 0.1) is 0 Å². The number of esters is 1. The second-order valence-corrected chi connectivity index (χ2v) is 7.47. The van der Waals surface area contributed by atoms with Crippen LogP contribution in [0.15, 0.2) is 42.5 Å². The molecule has 5 heteroatoms. The maximum atomic E-state index is 11.4. The van der Waals surface area contributed by atoms with Crippen molar-refractivity contribution in [1.29, 1.82) is 0 Å². The largest absolute Gasteiger partial charge is 0.489 e. The molecule has 1 heterocycles. The average Bonchev–Trinajstić information content (AvgIpc) is 2.81. The fourth-order valence-corrected chi connectivity index (χ4v) is 4.39. The molecular formula is C20H21ClO3S. The van der Waals surface area contributed by atoms with E-state index in [0.29, 0.717) is 25.3 Å². The SMILES string of the molecule is COC(=O)CCc1ccc2c(c1)C(SCCCl)c1ccccc1CO2. The number of alkyl halides is 1. The topological polar surface area (TPSA) is 35.5 Å². The Bertz CT molecular complexity index is 747. The molecule has 1 atom stereocenters. The highest BCUT2D eigenvalue weighted by Crippen LogP contribution is 2.44. The number of fused-ring (bicyclic) bond motifs is 2. The Morgan fingerprint density at radius 2 is 2.12 bits per heavy atom.